The molecule has 0 aliphatic heterocycles. The standard InChI is InChI=1S/C15H16FNO2S/c1-10(12-3-4-14(19-2)13(16)8-12)17-15(18)7-11-5-6-20-9-11/h3-6,8-10H,7H2,1-2H3,(H,17,18)/t10-/m0/s1. The largest absolute Gasteiger partial charge is 0.494 e. The molecule has 2 aromatic rings. The Morgan fingerprint density at radius 1 is 1.45 bits per heavy atom. The van der Waals surface area contributed by atoms with Crippen LogP contribution in [0.4, 0.5) is 4.39 Å². The minimum absolute atomic E-state index is 0.0767. The number of hydrogen-bond acceptors (Lipinski definition) is 3. The molecule has 0 spiro atoms. The molecule has 1 aromatic heterocycles. The number of ether oxygens (including phenoxy) is 1. The predicted octanol–water partition coefficient (Wildman–Crippen LogP) is 3.32. The highest BCUT2D eigenvalue weighted by atomic mass is 32.1. The van der Waals surface area contributed by atoms with Crippen LogP contribution in [-0.4, -0.2) is 13.0 Å². The van der Waals surface area contributed by atoms with Crippen molar-refractivity contribution in [1.82, 2.24) is 5.32 Å². The summed E-state index contributed by atoms with van der Waals surface area (Å²) in [5.74, 6) is -0.304. The zero-order valence-electron chi connectivity index (χ0n) is 11.4. The van der Waals surface area contributed by atoms with E-state index < -0.39 is 5.82 Å². The first-order chi connectivity index (χ1) is 9.60. The van der Waals surface area contributed by atoms with E-state index in [1.165, 1.54) is 13.2 Å². The van der Waals surface area contributed by atoms with Gasteiger partial charge in [-0.1, -0.05) is 6.07 Å². The van der Waals surface area contributed by atoms with E-state index >= 15 is 0 Å². The molecule has 20 heavy (non-hydrogen) atoms. The Balaban J connectivity index is 1.99. The second-order valence-electron chi connectivity index (χ2n) is 4.49. The lowest BCUT2D eigenvalue weighted by atomic mass is 10.1. The average molecular weight is 293 g/mol. The number of halogens is 1. The van der Waals surface area contributed by atoms with Gasteiger partial charge < -0.3 is 10.1 Å². The topological polar surface area (TPSA) is 38.3 Å². The van der Waals surface area contributed by atoms with Gasteiger partial charge >= 0.3 is 0 Å². The molecule has 5 heteroatoms. The minimum atomic E-state index is -0.427. The zero-order chi connectivity index (χ0) is 14.5. The molecule has 0 radical (unpaired) electrons. The highest BCUT2D eigenvalue weighted by molar-refractivity contribution is 7.07. The Labute approximate surface area is 121 Å². The van der Waals surface area contributed by atoms with E-state index in [-0.39, 0.29) is 17.7 Å². The lowest BCUT2D eigenvalue weighted by Gasteiger charge is -2.15. The number of methoxy groups -OCH3 is 1. The van der Waals surface area contributed by atoms with Crippen LogP contribution in [0, 0.1) is 5.82 Å². The third-order valence-corrected chi connectivity index (χ3v) is 3.73. The monoisotopic (exact) mass is 293 g/mol. The quantitative estimate of drug-likeness (QED) is 0.918. The Morgan fingerprint density at radius 2 is 2.25 bits per heavy atom. The van der Waals surface area contributed by atoms with E-state index in [9.17, 15) is 9.18 Å². The molecule has 1 N–H and O–H groups in total. The summed E-state index contributed by atoms with van der Waals surface area (Å²) in [5, 5.41) is 6.73. The van der Waals surface area contributed by atoms with Crippen LogP contribution < -0.4 is 10.1 Å². The number of amides is 1. The number of nitrogens with one attached hydrogen (secondary N) is 1. The molecule has 106 valence electrons. The van der Waals surface area contributed by atoms with E-state index in [0.717, 1.165) is 5.56 Å². The molecular weight excluding hydrogens is 277 g/mol. The van der Waals surface area contributed by atoms with Crippen LogP contribution in [0.5, 0.6) is 5.75 Å². The van der Waals surface area contributed by atoms with Gasteiger partial charge in [0.2, 0.25) is 5.91 Å². The first-order valence-corrected chi connectivity index (χ1v) is 7.18. The van der Waals surface area contributed by atoms with Crippen LogP contribution in [0.25, 0.3) is 0 Å². The third-order valence-electron chi connectivity index (χ3n) is 3.00. The Kier molecular flexibility index (Phi) is 4.74. The normalized spacial score (nSPS) is 11.9. The number of rotatable bonds is 5. The highest BCUT2D eigenvalue weighted by Gasteiger charge is 2.12. The Morgan fingerprint density at radius 3 is 2.85 bits per heavy atom. The molecule has 0 fully saturated rings. The average Bonchev–Trinajstić information content (AvgIpc) is 2.91. The van der Waals surface area contributed by atoms with Crippen molar-refractivity contribution in [3.63, 3.8) is 0 Å². The van der Waals surface area contributed by atoms with Gasteiger partial charge in [-0.25, -0.2) is 4.39 Å². The number of thiophene rings is 1. The fourth-order valence-electron chi connectivity index (χ4n) is 1.91. The predicted molar refractivity (Wildman–Crippen MR) is 77.5 cm³/mol. The Bertz CT molecular complexity index is 584. The second kappa shape index (κ2) is 6.52. The van der Waals surface area contributed by atoms with Gasteiger partial charge in [-0.2, -0.15) is 11.3 Å². The van der Waals surface area contributed by atoms with Crippen molar-refractivity contribution < 1.29 is 13.9 Å². The van der Waals surface area contributed by atoms with Gasteiger partial charge in [0.1, 0.15) is 0 Å². The van der Waals surface area contributed by atoms with E-state index in [1.807, 2.05) is 23.8 Å². The summed E-state index contributed by atoms with van der Waals surface area (Å²) < 4.78 is 18.5. The SMILES string of the molecule is COc1ccc([C@H](C)NC(=O)Cc2ccsc2)cc1F. The van der Waals surface area contributed by atoms with Crippen LogP contribution in [0.3, 0.4) is 0 Å². The summed E-state index contributed by atoms with van der Waals surface area (Å²) in [5.41, 5.74) is 1.70. The van der Waals surface area contributed by atoms with Gasteiger partial charge in [0, 0.05) is 0 Å². The first-order valence-electron chi connectivity index (χ1n) is 6.24. The van der Waals surface area contributed by atoms with Crippen molar-refractivity contribution in [2.45, 2.75) is 19.4 Å². The van der Waals surface area contributed by atoms with E-state index in [4.69, 9.17) is 4.74 Å². The third kappa shape index (κ3) is 3.57. The molecule has 0 aliphatic rings. The van der Waals surface area contributed by atoms with Crippen molar-refractivity contribution in [2.24, 2.45) is 0 Å². The number of benzene rings is 1. The summed E-state index contributed by atoms with van der Waals surface area (Å²) in [7, 11) is 1.42. The minimum Gasteiger partial charge on any atom is -0.494 e. The molecule has 0 saturated heterocycles. The van der Waals surface area contributed by atoms with Crippen LogP contribution in [0.15, 0.2) is 35.0 Å². The lowest BCUT2D eigenvalue weighted by molar-refractivity contribution is -0.121. The molecule has 2 rings (SSSR count). The molecule has 0 unspecified atom stereocenters. The van der Waals surface area contributed by atoms with Gasteiger partial charge in [0.05, 0.1) is 19.6 Å². The highest BCUT2D eigenvalue weighted by Crippen LogP contribution is 2.21. The molecule has 0 aliphatic carbocycles. The molecule has 0 bridgehead atoms. The van der Waals surface area contributed by atoms with Gasteiger partial charge in [0.25, 0.3) is 0 Å². The summed E-state index contributed by atoms with van der Waals surface area (Å²) >= 11 is 1.56. The smallest absolute Gasteiger partial charge is 0.224 e. The van der Waals surface area contributed by atoms with Crippen LogP contribution in [0.1, 0.15) is 24.1 Å². The fraction of sp³-hybridized carbons (Fsp3) is 0.267. The first kappa shape index (κ1) is 14.5. The van der Waals surface area contributed by atoms with E-state index in [1.54, 1.807) is 23.5 Å². The van der Waals surface area contributed by atoms with Crippen LogP contribution >= 0.6 is 11.3 Å². The number of carbonyl (C=O) groups excluding carboxylic acids is 1. The van der Waals surface area contributed by atoms with Crippen molar-refractivity contribution in [1.29, 1.82) is 0 Å². The van der Waals surface area contributed by atoms with Gasteiger partial charge in [-0.15, -0.1) is 0 Å². The maximum absolute atomic E-state index is 13.6. The molecule has 1 aromatic carbocycles. The van der Waals surface area contributed by atoms with Crippen molar-refractivity contribution >= 4 is 17.2 Å². The number of hydrogen-bond donors (Lipinski definition) is 1. The van der Waals surface area contributed by atoms with Gasteiger partial charge in [0.15, 0.2) is 11.6 Å². The second-order valence-corrected chi connectivity index (χ2v) is 5.27. The molecular formula is C15H16FNO2S. The summed E-state index contributed by atoms with van der Waals surface area (Å²) in [6.45, 7) is 1.83. The maximum atomic E-state index is 13.6. The van der Waals surface area contributed by atoms with Crippen molar-refractivity contribution in [2.75, 3.05) is 7.11 Å². The van der Waals surface area contributed by atoms with Gasteiger partial charge in [-0.05, 0) is 47.0 Å². The molecule has 1 atom stereocenters. The maximum Gasteiger partial charge on any atom is 0.224 e. The number of carbonyl (C=O) groups is 1. The summed E-state index contributed by atoms with van der Waals surface area (Å²) in [4.78, 5) is 11.9. The van der Waals surface area contributed by atoms with Crippen molar-refractivity contribution in [3.05, 3.63) is 52.0 Å². The Hall–Kier alpha value is -1.88. The fourth-order valence-corrected chi connectivity index (χ4v) is 2.58. The lowest BCUT2D eigenvalue weighted by Crippen LogP contribution is -2.28. The van der Waals surface area contributed by atoms with Crippen molar-refractivity contribution in [3.8, 4) is 5.75 Å². The summed E-state index contributed by atoms with van der Waals surface area (Å²) in [6, 6.07) is 6.36. The molecule has 1 amide bonds. The van der Waals surface area contributed by atoms with E-state index in [0.29, 0.717) is 12.0 Å². The van der Waals surface area contributed by atoms with Crippen LogP contribution in [-0.2, 0) is 11.2 Å². The van der Waals surface area contributed by atoms with E-state index in [2.05, 4.69) is 5.32 Å². The molecule has 3 nitrogen and oxygen atoms in total. The van der Waals surface area contributed by atoms with Gasteiger partial charge in [-0.3, -0.25) is 4.79 Å². The van der Waals surface area contributed by atoms with Crippen LogP contribution in [0.2, 0.25) is 0 Å². The summed E-state index contributed by atoms with van der Waals surface area (Å²) in [6.07, 6.45) is 0.340. The zero-order valence-corrected chi connectivity index (χ0v) is 12.2. The molecule has 0 saturated carbocycles. The molecule has 1 heterocycles.